The second-order valence-electron chi connectivity index (χ2n) is 5.80. The summed E-state index contributed by atoms with van der Waals surface area (Å²) in [5.74, 6) is 2.22. The second kappa shape index (κ2) is 7.14. The number of aromatic nitrogens is 3. The van der Waals surface area contributed by atoms with Crippen molar-refractivity contribution >= 4 is 15.9 Å². The maximum absolute atomic E-state index is 5.54. The van der Waals surface area contributed by atoms with Gasteiger partial charge >= 0.3 is 0 Å². The van der Waals surface area contributed by atoms with Crippen molar-refractivity contribution in [2.45, 2.75) is 0 Å². The normalized spacial score (nSPS) is 10.7. The van der Waals surface area contributed by atoms with Gasteiger partial charge in [-0.25, -0.2) is 4.98 Å². The van der Waals surface area contributed by atoms with Crippen LogP contribution in [0, 0.1) is 0 Å². The first-order valence-corrected chi connectivity index (χ1v) is 8.96. The van der Waals surface area contributed by atoms with E-state index in [-0.39, 0.29) is 0 Å². The number of rotatable bonds is 4. The number of nitrogens with zero attached hydrogens (tertiary/aromatic N) is 2. The third kappa shape index (κ3) is 3.26. The van der Waals surface area contributed by atoms with Crippen LogP contribution in [-0.4, -0.2) is 22.3 Å². The zero-order valence-electron chi connectivity index (χ0n) is 14.1. The first kappa shape index (κ1) is 16.5. The molecule has 0 radical (unpaired) electrons. The molecule has 0 fully saturated rings. The van der Waals surface area contributed by atoms with Gasteiger partial charge in [0.2, 0.25) is 0 Å². The van der Waals surface area contributed by atoms with Crippen molar-refractivity contribution < 1.29 is 4.74 Å². The molecule has 0 amide bonds. The number of halogens is 1. The summed E-state index contributed by atoms with van der Waals surface area (Å²) in [4.78, 5) is 4.64. The van der Waals surface area contributed by atoms with E-state index in [1.807, 2.05) is 54.6 Å². The van der Waals surface area contributed by atoms with Gasteiger partial charge in [0.15, 0.2) is 11.6 Å². The van der Waals surface area contributed by atoms with Crippen molar-refractivity contribution in [3.63, 3.8) is 0 Å². The molecule has 4 nitrogen and oxygen atoms in total. The van der Waals surface area contributed by atoms with Gasteiger partial charge in [-0.05, 0) is 35.9 Å². The first-order chi connectivity index (χ1) is 12.7. The van der Waals surface area contributed by atoms with Crippen molar-refractivity contribution in [1.82, 2.24) is 15.2 Å². The number of benzene rings is 3. The molecule has 0 unspecified atom stereocenters. The minimum Gasteiger partial charge on any atom is -0.496 e. The molecule has 1 aromatic heterocycles. The van der Waals surface area contributed by atoms with Crippen molar-refractivity contribution in [3.05, 3.63) is 77.3 Å². The van der Waals surface area contributed by atoms with E-state index < -0.39 is 0 Å². The van der Waals surface area contributed by atoms with Crippen LogP contribution in [0.3, 0.4) is 0 Å². The predicted octanol–water partition coefficient (Wildman–Crippen LogP) is 5.58. The summed E-state index contributed by atoms with van der Waals surface area (Å²) in [6.07, 6.45) is 0. The number of hydrogen-bond donors (Lipinski definition) is 1. The molecule has 26 heavy (non-hydrogen) atoms. The average molecular weight is 406 g/mol. The van der Waals surface area contributed by atoms with E-state index in [0.717, 1.165) is 38.3 Å². The number of H-pyrrole nitrogens is 1. The molecular formula is C21H16BrN3O. The Balaban J connectivity index is 1.77. The molecule has 1 N–H and O–H groups in total. The smallest absolute Gasteiger partial charge is 0.181 e. The van der Waals surface area contributed by atoms with Crippen molar-refractivity contribution in [2.75, 3.05) is 7.11 Å². The summed E-state index contributed by atoms with van der Waals surface area (Å²) in [7, 11) is 1.68. The number of nitrogens with one attached hydrogen (secondary N) is 1. The summed E-state index contributed by atoms with van der Waals surface area (Å²) < 4.78 is 6.56. The van der Waals surface area contributed by atoms with Crippen LogP contribution in [0.4, 0.5) is 0 Å². The highest BCUT2D eigenvalue weighted by atomic mass is 79.9. The Morgan fingerprint density at radius 2 is 1.65 bits per heavy atom. The van der Waals surface area contributed by atoms with Gasteiger partial charge in [0, 0.05) is 21.2 Å². The van der Waals surface area contributed by atoms with E-state index in [1.54, 1.807) is 7.11 Å². The molecule has 0 aliphatic rings. The van der Waals surface area contributed by atoms with E-state index in [1.165, 1.54) is 0 Å². The van der Waals surface area contributed by atoms with Gasteiger partial charge in [0.25, 0.3) is 0 Å². The molecule has 4 rings (SSSR count). The number of methoxy groups -OCH3 is 1. The lowest BCUT2D eigenvalue weighted by molar-refractivity contribution is 0.416. The van der Waals surface area contributed by atoms with Crippen LogP contribution in [0.15, 0.2) is 77.3 Å². The minimum atomic E-state index is 0.655. The lowest BCUT2D eigenvalue weighted by Gasteiger charge is -2.10. The maximum atomic E-state index is 5.54. The number of ether oxygens (including phenoxy) is 1. The topological polar surface area (TPSA) is 50.8 Å². The molecule has 128 valence electrons. The Morgan fingerprint density at radius 3 is 2.42 bits per heavy atom. The highest BCUT2D eigenvalue weighted by Gasteiger charge is 2.12. The van der Waals surface area contributed by atoms with Crippen LogP contribution >= 0.6 is 15.9 Å². The highest BCUT2D eigenvalue weighted by Crippen LogP contribution is 2.34. The van der Waals surface area contributed by atoms with Crippen molar-refractivity contribution in [3.8, 4) is 39.7 Å². The fourth-order valence-corrected chi connectivity index (χ4v) is 3.24. The maximum Gasteiger partial charge on any atom is 0.181 e. The fourth-order valence-electron chi connectivity index (χ4n) is 2.84. The van der Waals surface area contributed by atoms with Crippen LogP contribution in [-0.2, 0) is 0 Å². The van der Waals surface area contributed by atoms with Crippen LogP contribution < -0.4 is 4.74 Å². The van der Waals surface area contributed by atoms with E-state index in [0.29, 0.717) is 5.82 Å². The third-order valence-electron chi connectivity index (χ3n) is 4.13. The molecule has 0 spiro atoms. The second-order valence-corrected chi connectivity index (χ2v) is 6.71. The predicted molar refractivity (Wildman–Crippen MR) is 107 cm³/mol. The summed E-state index contributed by atoms with van der Waals surface area (Å²) in [6.45, 7) is 0. The average Bonchev–Trinajstić information content (AvgIpc) is 3.18. The molecule has 0 saturated carbocycles. The fraction of sp³-hybridized carbons (Fsp3) is 0.0476. The van der Waals surface area contributed by atoms with Gasteiger partial charge in [-0.15, -0.1) is 0 Å². The Labute approximate surface area is 160 Å². The van der Waals surface area contributed by atoms with Crippen LogP contribution in [0.5, 0.6) is 5.75 Å². The lowest BCUT2D eigenvalue weighted by Crippen LogP contribution is -1.90. The Hall–Kier alpha value is -2.92. The van der Waals surface area contributed by atoms with Gasteiger partial charge in [-0.3, -0.25) is 5.10 Å². The SMILES string of the molecule is COc1ccc(-c2n[nH]c(-c3ccccc3)n2)cc1-c1cccc(Br)c1. The molecule has 0 atom stereocenters. The highest BCUT2D eigenvalue weighted by molar-refractivity contribution is 9.10. The molecular weight excluding hydrogens is 390 g/mol. The molecule has 0 aliphatic heterocycles. The van der Waals surface area contributed by atoms with E-state index in [4.69, 9.17) is 4.74 Å². The molecule has 0 bridgehead atoms. The van der Waals surface area contributed by atoms with Crippen LogP contribution in [0.25, 0.3) is 33.9 Å². The van der Waals surface area contributed by atoms with Crippen LogP contribution in [0.2, 0.25) is 0 Å². The van der Waals surface area contributed by atoms with E-state index in [9.17, 15) is 0 Å². The molecule has 4 aromatic rings. The molecule has 0 aliphatic carbocycles. The van der Waals surface area contributed by atoms with E-state index in [2.05, 4.69) is 49.3 Å². The number of aromatic amines is 1. The van der Waals surface area contributed by atoms with Gasteiger partial charge in [-0.1, -0.05) is 58.4 Å². The molecule has 1 heterocycles. The largest absolute Gasteiger partial charge is 0.496 e. The minimum absolute atomic E-state index is 0.655. The Kier molecular flexibility index (Phi) is 4.54. The zero-order valence-corrected chi connectivity index (χ0v) is 15.7. The summed E-state index contributed by atoms with van der Waals surface area (Å²) in [5.41, 5.74) is 4.00. The van der Waals surface area contributed by atoms with Crippen molar-refractivity contribution in [1.29, 1.82) is 0 Å². The Morgan fingerprint density at radius 1 is 0.846 bits per heavy atom. The van der Waals surface area contributed by atoms with Gasteiger partial charge in [0.1, 0.15) is 5.75 Å². The molecule has 5 heteroatoms. The van der Waals surface area contributed by atoms with Crippen LogP contribution in [0.1, 0.15) is 0 Å². The third-order valence-corrected chi connectivity index (χ3v) is 4.62. The Bertz CT molecular complexity index is 1040. The molecule has 3 aromatic carbocycles. The zero-order chi connectivity index (χ0) is 17.9. The quantitative estimate of drug-likeness (QED) is 0.482. The van der Waals surface area contributed by atoms with E-state index >= 15 is 0 Å². The monoisotopic (exact) mass is 405 g/mol. The summed E-state index contributed by atoms with van der Waals surface area (Å²) >= 11 is 3.53. The summed E-state index contributed by atoms with van der Waals surface area (Å²) in [5, 5.41) is 7.40. The number of hydrogen-bond acceptors (Lipinski definition) is 3. The van der Waals surface area contributed by atoms with Gasteiger partial charge in [-0.2, -0.15) is 5.10 Å². The molecule has 0 saturated heterocycles. The van der Waals surface area contributed by atoms with Crippen molar-refractivity contribution in [2.24, 2.45) is 0 Å². The first-order valence-electron chi connectivity index (χ1n) is 8.17. The lowest BCUT2D eigenvalue weighted by atomic mass is 10.0. The standard InChI is InChI=1S/C21H16BrN3O/c1-26-19-11-10-16(13-18(19)15-8-5-9-17(22)12-15)21-23-20(24-25-21)14-6-3-2-4-7-14/h2-13H,1H3,(H,23,24,25). The summed E-state index contributed by atoms with van der Waals surface area (Å²) in [6, 6.07) is 24.1. The van der Waals surface area contributed by atoms with Gasteiger partial charge < -0.3 is 4.74 Å². The van der Waals surface area contributed by atoms with Gasteiger partial charge in [0.05, 0.1) is 7.11 Å².